The Kier molecular flexibility index (Phi) is 3.48. The summed E-state index contributed by atoms with van der Waals surface area (Å²) in [4.78, 5) is 10.5. The van der Waals surface area contributed by atoms with E-state index in [1.165, 1.54) is 6.07 Å². The van der Waals surface area contributed by atoms with E-state index in [9.17, 15) is 10.1 Å². The fourth-order valence-corrected chi connectivity index (χ4v) is 1.76. The van der Waals surface area contributed by atoms with Crippen molar-refractivity contribution >= 4 is 28.7 Å². The summed E-state index contributed by atoms with van der Waals surface area (Å²) in [5, 5.41) is 14.4. The molecule has 0 heterocycles. The van der Waals surface area contributed by atoms with Gasteiger partial charge in [-0.1, -0.05) is 29.8 Å². The van der Waals surface area contributed by atoms with Crippen LogP contribution in [0.4, 0.5) is 17.1 Å². The van der Waals surface area contributed by atoms with Gasteiger partial charge in [0.1, 0.15) is 5.69 Å². The summed E-state index contributed by atoms with van der Waals surface area (Å²) in [6.45, 7) is 1.81. The van der Waals surface area contributed by atoms with Crippen LogP contribution in [0, 0.1) is 17.0 Å². The van der Waals surface area contributed by atoms with Crippen molar-refractivity contribution in [2.45, 2.75) is 6.92 Å². The Morgan fingerprint density at radius 3 is 2.50 bits per heavy atom. The summed E-state index contributed by atoms with van der Waals surface area (Å²) >= 11 is 5.90. The average molecular weight is 263 g/mol. The molecular weight excluding hydrogens is 252 g/mol. The monoisotopic (exact) mass is 262 g/mol. The molecule has 1 N–H and O–H groups in total. The highest BCUT2D eigenvalue weighted by Gasteiger charge is 2.16. The van der Waals surface area contributed by atoms with E-state index >= 15 is 0 Å². The van der Waals surface area contributed by atoms with Gasteiger partial charge in [0, 0.05) is 11.8 Å². The highest BCUT2D eigenvalue weighted by molar-refractivity contribution is 6.31. The summed E-state index contributed by atoms with van der Waals surface area (Å²) in [7, 11) is 0. The highest BCUT2D eigenvalue weighted by atomic mass is 35.5. The van der Waals surface area contributed by atoms with E-state index in [-0.39, 0.29) is 5.69 Å². The lowest BCUT2D eigenvalue weighted by atomic mass is 10.2. The van der Waals surface area contributed by atoms with Gasteiger partial charge >= 0.3 is 0 Å². The van der Waals surface area contributed by atoms with Crippen LogP contribution >= 0.6 is 11.6 Å². The Hall–Kier alpha value is -2.07. The molecule has 0 aliphatic rings. The Balaban J connectivity index is 2.43. The number of nitrogens with zero attached hydrogens (tertiary/aromatic N) is 1. The zero-order valence-corrected chi connectivity index (χ0v) is 10.4. The number of hydrogen-bond donors (Lipinski definition) is 1. The molecule has 4 nitrogen and oxygen atoms in total. The van der Waals surface area contributed by atoms with E-state index in [0.717, 1.165) is 11.3 Å². The van der Waals surface area contributed by atoms with Crippen molar-refractivity contribution in [1.29, 1.82) is 0 Å². The Labute approximate surface area is 109 Å². The molecule has 0 aromatic heterocycles. The number of nitro benzene ring substituents is 1. The van der Waals surface area contributed by atoms with Gasteiger partial charge < -0.3 is 5.32 Å². The minimum Gasteiger partial charge on any atom is -0.350 e. The number of nitrogens with one attached hydrogen (secondary N) is 1. The maximum Gasteiger partial charge on any atom is 0.294 e. The van der Waals surface area contributed by atoms with Gasteiger partial charge in [-0.25, -0.2) is 0 Å². The second-order valence-corrected chi connectivity index (χ2v) is 4.27. The number of nitro groups is 1. The van der Waals surface area contributed by atoms with Crippen molar-refractivity contribution in [1.82, 2.24) is 0 Å². The van der Waals surface area contributed by atoms with Crippen LogP contribution < -0.4 is 5.32 Å². The average Bonchev–Trinajstić information content (AvgIpc) is 2.34. The summed E-state index contributed by atoms with van der Waals surface area (Å²) < 4.78 is 0. The minimum atomic E-state index is -0.448. The number of rotatable bonds is 3. The smallest absolute Gasteiger partial charge is 0.294 e. The van der Waals surface area contributed by atoms with E-state index in [1.54, 1.807) is 6.07 Å². The second-order valence-electron chi connectivity index (χ2n) is 3.87. The maximum atomic E-state index is 11.0. The van der Waals surface area contributed by atoms with Crippen LogP contribution in [0.1, 0.15) is 5.56 Å². The number of aryl methyl sites for hydroxylation is 1. The van der Waals surface area contributed by atoms with Crippen LogP contribution in [0.25, 0.3) is 0 Å². The number of hydrogen-bond acceptors (Lipinski definition) is 3. The van der Waals surface area contributed by atoms with Crippen LogP contribution in [0.2, 0.25) is 5.02 Å². The van der Waals surface area contributed by atoms with Crippen molar-refractivity contribution in [3.05, 3.63) is 63.2 Å². The van der Waals surface area contributed by atoms with Gasteiger partial charge in [-0.15, -0.1) is 0 Å². The van der Waals surface area contributed by atoms with Gasteiger partial charge in [-0.2, -0.15) is 0 Å². The van der Waals surface area contributed by atoms with Crippen molar-refractivity contribution < 1.29 is 4.92 Å². The molecule has 2 rings (SSSR count). The van der Waals surface area contributed by atoms with Gasteiger partial charge in [0.2, 0.25) is 0 Å². The predicted molar refractivity (Wildman–Crippen MR) is 72.6 cm³/mol. The molecule has 0 unspecified atom stereocenters. The third-order valence-electron chi connectivity index (χ3n) is 2.53. The number of anilines is 2. The molecular formula is C13H11ClN2O2. The molecule has 92 valence electrons. The lowest BCUT2D eigenvalue weighted by Gasteiger charge is -2.08. The van der Waals surface area contributed by atoms with Crippen LogP contribution in [-0.2, 0) is 0 Å². The first-order chi connectivity index (χ1) is 8.58. The first-order valence-corrected chi connectivity index (χ1v) is 5.72. The summed E-state index contributed by atoms with van der Waals surface area (Å²) in [6, 6.07) is 12.3. The molecule has 0 amide bonds. The normalized spacial score (nSPS) is 10.1. The third-order valence-corrected chi connectivity index (χ3v) is 2.93. The molecule has 0 spiro atoms. The summed E-state index contributed by atoms with van der Waals surface area (Å²) in [5.74, 6) is 0. The van der Waals surface area contributed by atoms with Crippen molar-refractivity contribution in [2.24, 2.45) is 0 Å². The molecule has 5 heteroatoms. The largest absolute Gasteiger partial charge is 0.350 e. The molecule has 0 bridgehead atoms. The van der Waals surface area contributed by atoms with Crippen molar-refractivity contribution in [2.75, 3.05) is 5.32 Å². The SMILES string of the molecule is Cc1cc(Nc2ccccc2)c([N+](=O)[O-])cc1Cl. The number of halogens is 1. The third kappa shape index (κ3) is 2.60. The fraction of sp³-hybridized carbons (Fsp3) is 0.0769. The van der Waals surface area contributed by atoms with Crippen molar-refractivity contribution in [3.63, 3.8) is 0 Å². The number of para-hydroxylation sites is 1. The lowest BCUT2D eigenvalue weighted by molar-refractivity contribution is -0.383. The summed E-state index contributed by atoms with van der Waals surface area (Å²) in [6.07, 6.45) is 0. The van der Waals surface area contributed by atoms with Crippen LogP contribution in [-0.4, -0.2) is 4.92 Å². The van der Waals surface area contributed by atoms with Crippen molar-refractivity contribution in [3.8, 4) is 0 Å². The highest BCUT2D eigenvalue weighted by Crippen LogP contribution is 2.32. The standard InChI is InChI=1S/C13H11ClN2O2/c1-9-7-12(13(16(17)18)8-11(9)14)15-10-5-3-2-4-6-10/h2-8,15H,1H3. The molecule has 0 saturated carbocycles. The Morgan fingerprint density at radius 1 is 1.22 bits per heavy atom. The molecule has 2 aromatic carbocycles. The molecule has 0 saturated heterocycles. The molecule has 0 fully saturated rings. The van der Waals surface area contributed by atoms with Crippen LogP contribution in [0.3, 0.4) is 0 Å². The Bertz CT molecular complexity index is 585. The van der Waals surface area contributed by atoms with Crippen LogP contribution in [0.15, 0.2) is 42.5 Å². The lowest BCUT2D eigenvalue weighted by Crippen LogP contribution is -1.98. The van der Waals surface area contributed by atoms with Gasteiger partial charge in [-0.05, 0) is 30.7 Å². The van der Waals surface area contributed by atoms with Gasteiger partial charge in [0.25, 0.3) is 5.69 Å². The molecule has 2 aromatic rings. The maximum absolute atomic E-state index is 11.0. The van der Waals surface area contributed by atoms with E-state index in [2.05, 4.69) is 5.32 Å². The zero-order chi connectivity index (χ0) is 13.1. The van der Waals surface area contributed by atoms with Crippen LogP contribution in [0.5, 0.6) is 0 Å². The van der Waals surface area contributed by atoms with Gasteiger partial charge in [-0.3, -0.25) is 10.1 Å². The minimum absolute atomic E-state index is 0.0329. The molecule has 0 atom stereocenters. The predicted octanol–water partition coefficient (Wildman–Crippen LogP) is 4.30. The molecule has 0 radical (unpaired) electrons. The van der Waals surface area contributed by atoms with E-state index in [0.29, 0.717) is 10.7 Å². The quantitative estimate of drug-likeness (QED) is 0.663. The Morgan fingerprint density at radius 2 is 1.89 bits per heavy atom. The fourth-order valence-electron chi connectivity index (χ4n) is 1.60. The van der Waals surface area contributed by atoms with E-state index in [1.807, 2.05) is 37.3 Å². The van der Waals surface area contributed by atoms with E-state index < -0.39 is 4.92 Å². The topological polar surface area (TPSA) is 55.2 Å². The second kappa shape index (κ2) is 5.06. The zero-order valence-electron chi connectivity index (χ0n) is 9.68. The molecule has 0 aliphatic heterocycles. The summed E-state index contributed by atoms with van der Waals surface area (Å²) in [5.41, 5.74) is 1.99. The molecule has 18 heavy (non-hydrogen) atoms. The number of benzene rings is 2. The first-order valence-electron chi connectivity index (χ1n) is 5.34. The molecule has 0 aliphatic carbocycles. The first kappa shape index (κ1) is 12.4. The van der Waals surface area contributed by atoms with Gasteiger partial charge in [0.05, 0.1) is 9.95 Å². The van der Waals surface area contributed by atoms with E-state index in [4.69, 9.17) is 11.6 Å². The van der Waals surface area contributed by atoms with Gasteiger partial charge in [0.15, 0.2) is 0 Å².